The van der Waals surface area contributed by atoms with Crippen molar-refractivity contribution in [3.8, 4) is 5.75 Å². The minimum atomic E-state index is -0.0267. The summed E-state index contributed by atoms with van der Waals surface area (Å²) in [4.78, 5) is 12.7. The van der Waals surface area contributed by atoms with Crippen LogP contribution in [0.15, 0.2) is 12.1 Å². The Balaban J connectivity index is 2.15. The number of carbonyl (C=O) groups excluding carboxylic acids is 1. The first-order valence-corrected chi connectivity index (χ1v) is 8.18. The zero-order valence-corrected chi connectivity index (χ0v) is 14.5. The molecule has 2 rings (SSSR count). The minimum Gasteiger partial charge on any atom is -0.497 e. The molecule has 1 N–H and O–H groups in total. The largest absolute Gasteiger partial charge is 0.497 e. The number of likely N-dealkylation sites (N-methyl/N-ethyl adjacent to an activating group) is 1. The number of hydrogen-bond donors (Lipinski definition) is 1. The van der Waals surface area contributed by atoms with Crippen molar-refractivity contribution in [3.63, 3.8) is 0 Å². The summed E-state index contributed by atoms with van der Waals surface area (Å²) in [7, 11) is 3.87. The van der Waals surface area contributed by atoms with Gasteiger partial charge in [0, 0.05) is 5.69 Å². The van der Waals surface area contributed by atoms with Crippen LogP contribution >= 0.6 is 0 Å². The number of quaternary nitrogens is 1. The molecule has 122 valence electrons. The maximum atomic E-state index is 12.7. The number of benzene rings is 1. The molecule has 22 heavy (non-hydrogen) atoms. The lowest BCUT2D eigenvalue weighted by atomic mass is 10.0. The van der Waals surface area contributed by atoms with Crippen molar-refractivity contribution < 1.29 is 14.0 Å². The van der Waals surface area contributed by atoms with Crippen LogP contribution in [0.5, 0.6) is 5.75 Å². The van der Waals surface area contributed by atoms with Crippen LogP contribution in [-0.4, -0.2) is 43.7 Å². The number of carbonyl (C=O) groups is 1. The van der Waals surface area contributed by atoms with E-state index in [1.807, 2.05) is 26.0 Å². The molecule has 0 radical (unpaired) electrons. The van der Waals surface area contributed by atoms with Gasteiger partial charge in [0.15, 0.2) is 6.04 Å². The van der Waals surface area contributed by atoms with Crippen LogP contribution in [-0.2, 0) is 4.79 Å². The lowest BCUT2D eigenvalue weighted by Gasteiger charge is -2.41. The van der Waals surface area contributed by atoms with Crippen LogP contribution in [0, 0.1) is 13.8 Å². The molecule has 1 aliphatic heterocycles. The molecule has 1 aliphatic rings. The number of amides is 1. The molecule has 1 aromatic carbocycles. The van der Waals surface area contributed by atoms with Crippen LogP contribution in [0.25, 0.3) is 0 Å². The Morgan fingerprint density at radius 1 is 1.18 bits per heavy atom. The normalized spacial score (nSPS) is 18.6. The van der Waals surface area contributed by atoms with Crippen LogP contribution in [0.1, 0.15) is 37.3 Å². The van der Waals surface area contributed by atoms with Crippen LogP contribution in [0.2, 0.25) is 0 Å². The van der Waals surface area contributed by atoms with Crippen LogP contribution in [0.3, 0.4) is 0 Å². The number of nitrogens with one attached hydrogen (secondary N) is 1. The van der Waals surface area contributed by atoms with Gasteiger partial charge in [-0.1, -0.05) is 0 Å². The number of likely N-dealkylation sites (tertiary alicyclic amines) is 1. The van der Waals surface area contributed by atoms with Gasteiger partial charge < -0.3 is 14.5 Å². The average molecular weight is 305 g/mol. The van der Waals surface area contributed by atoms with Gasteiger partial charge in [-0.25, -0.2) is 0 Å². The van der Waals surface area contributed by atoms with Crippen molar-refractivity contribution in [2.45, 2.75) is 46.1 Å². The Morgan fingerprint density at radius 3 is 2.23 bits per heavy atom. The third kappa shape index (κ3) is 3.43. The molecule has 1 amide bonds. The monoisotopic (exact) mass is 305 g/mol. The van der Waals surface area contributed by atoms with Gasteiger partial charge in [-0.3, -0.25) is 4.79 Å². The SMILES string of the molecule is COc1cc(C)c(NC(=O)C(C)[N+]2(C)CCCCC2)c(C)c1. The van der Waals surface area contributed by atoms with Crippen molar-refractivity contribution in [1.82, 2.24) is 0 Å². The number of ether oxygens (including phenoxy) is 1. The number of methoxy groups -OCH3 is 1. The number of anilines is 1. The van der Waals surface area contributed by atoms with E-state index in [2.05, 4.69) is 19.3 Å². The molecule has 0 bridgehead atoms. The average Bonchev–Trinajstić information content (AvgIpc) is 2.50. The van der Waals surface area contributed by atoms with Gasteiger partial charge in [0.1, 0.15) is 5.75 Å². The van der Waals surface area contributed by atoms with Crippen LogP contribution in [0.4, 0.5) is 5.69 Å². The fraction of sp³-hybridized carbons (Fsp3) is 0.611. The fourth-order valence-corrected chi connectivity index (χ4v) is 3.37. The first-order valence-electron chi connectivity index (χ1n) is 8.18. The molecular weight excluding hydrogens is 276 g/mol. The number of piperidine rings is 1. The highest BCUT2D eigenvalue weighted by atomic mass is 16.5. The van der Waals surface area contributed by atoms with Gasteiger partial charge in [-0.15, -0.1) is 0 Å². The van der Waals surface area contributed by atoms with E-state index in [-0.39, 0.29) is 11.9 Å². The molecule has 1 aromatic rings. The molecule has 1 saturated heterocycles. The second kappa shape index (κ2) is 6.69. The first kappa shape index (κ1) is 16.8. The van der Waals surface area contributed by atoms with Crippen molar-refractivity contribution in [3.05, 3.63) is 23.3 Å². The predicted octanol–water partition coefficient (Wildman–Crippen LogP) is 3.27. The smallest absolute Gasteiger partial charge is 0.282 e. The van der Waals surface area contributed by atoms with E-state index in [1.165, 1.54) is 19.3 Å². The molecule has 1 heterocycles. The van der Waals surface area contributed by atoms with E-state index in [4.69, 9.17) is 4.74 Å². The molecule has 0 aromatic heterocycles. The van der Waals surface area contributed by atoms with Gasteiger partial charge in [0.05, 0.1) is 27.2 Å². The zero-order chi connectivity index (χ0) is 16.3. The second-order valence-corrected chi connectivity index (χ2v) is 6.79. The third-order valence-electron chi connectivity index (χ3n) is 5.14. The Morgan fingerprint density at radius 2 is 1.73 bits per heavy atom. The molecular formula is C18H29N2O2+. The van der Waals surface area contributed by atoms with Gasteiger partial charge in [0.2, 0.25) is 0 Å². The number of aryl methyl sites for hydroxylation is 2. The Bertz CT molecular complexity index is 525. The van der Waals surface area contributed by atoms with Gasteiger partial charge in [-0.2, -0.15) is 0 Å². The quantitative estimate of drug-likeness (QED) is 0.867. The Labute approximate surface area is 134 Å². The lowest BCUT2D eigenvalue weighted by molar-refractivity contribution is -0.926. The lowest BCUT2D eigenvalue weighted by Crippen LogP contribution is -2.58. The predicted molar refractivity (Wildman–Crippen MR) is 90.3 cm³/mol. The summed E-state index contributed by atoms with van der Waals surface area (Å²) in [6, 6.07) is 3.90. The number of rotatable bonds is 4. The van der Waals surface area contributed by atoms with Gasteiger partial charge in [-0.05, 0) is 63.3 Å². The summed E-state index contributed by atoms with van der Waals surface area (Å²) in [6.07, 6.45) is 3.72. The van der Waals surface area contributed by atoms with Crippen molar-refractivity contribution in [1.29, 1.82) is 0 Å². The van der Waals surface area contributed by atoms with Crippen molar-refractivity contribution in [2.75, 3.05) is 32.6 Å². The molecule has 4 nitrogen and oxygen atoms in total. The molecule has 1 fully saturated rings. The van der Waals surface area contributed by atoms with E-state index in [0.717, 1.165) is 40.1 Å². The zero-order valence-electron chi connectivity index (χ0n) is 14.5. The highest BCUT2D eigenvalue weighted by Gasteiger charge is 2.36. The Hall–Kier alpha value is -1.55. The molecule has 1 atom stereocenters. The van der Waals surface area contributed by atoms with E-state index >= 15 is 0 Å². The van der Waals surface area contributed by atoms with E-state index in [9.17, 15) is 4.79 Å². The summed E-state index contributed by atoms with van der Waals surface area (Å²) in [5, 5.41) is 3.14. The molecule has 0 saturated carbocycles. The maximum absolute atomic E-state index is 12.7. The van der Waals surface area contributed by atoms with Crippen LogP contribution < -0.4 is 10.1 Å². The second-order valence-electron chi connectivity index (χ2n) is 6.79. The summed E-state index contributed by atoms with van der Waals surface area (Å²) in [6.45, 7) is 8.25. The highest BCUT2D eigenvalue weighted by Crippen LogP contribution is 2.27. The molecule has 0 spiro atoms. The van der Waals surface area contributed by atoms with Gasteiger partial charge >= 0.3 is 0 Å². The summed E-state index contributed by atoms with van der Waals surface area (Å²) in [5.74, 6) is 0.942. The minimum absolute atomic E-state index is 0.0267. The van der Waals surface area contributed by atoms with E-state index in [0.29, 0.717) is 0 Å². The molecule has 4 heteroatoms. The maximum Gasteiger partial charge on any atom is 0.282 e. The highest BCUT2D eigenvalue weighted by molar-refractivity contribution is 5.95. The third-order valence-corrected chi connectivity index (χ3v) is 5.14. The number of nitrogens with zero attached hydrogens (tertiary/aromatic N) is 1. The van der Waals surface area contributed by atoms with Crippen molar-refractivity contribution in [2.24, 2.45) is 0 Å². The topological polar surface area (TPSA) is 38.3 Å². The van der Waals surface area contributed by atoms with Crippen molar-refractivity contribution >= 4 is 11.6 Å². The van der Waals surface area contributed by atoms with Gasteiger partial charge in [0.25, 0.3) is 5.91 Å². The van der Waals surface area contributed by atoms with E-state index < -0.39 is 0 Å². The Kier molecular flexibility index (Phi) is 5.12. The summed E-state index contributed by atoms with van der Waals surface area (Å²) in [5.41, 5.74) is 3.00. The number of hydrogen-bond acceptors (Lipinski definition) is 2. The molecule has 1 unspecified atom stereocenters. The fourth-order valence-electron chi connectivity index (χ4n) is 3.37. The summed E-state index contributed by atoms with van der Waals surface area (Å²) < 4.78 is 6.13. The summed E-state index contributed by atoms with van der Waals surface area (Å²) >= 11 is 0. The molecule has 0 aliphatic carbocycles. The van der Waals surface area contributed by atoms with E-state index in [1.54, 1.807) is 7.11 Å². The standard InChI is InChI=1S/C18H28N2O2/c1-13-11-16(22-5)12-14(2)17(13)19-18(21)15(3)20(4)9-7-6-8-10-20/h11-12,15H,6-10H2,1-5H3/p+1. The first-order chi connectivity index (χ1) is 10.4.